The standard InChI is InChI=1S/C21H27N3O3/c1-15-12-19(25)17-6-4-7-18(20(17)22-15)21(26)24-10-5-11-27-16(14-24)13-23-8-2-3-9-23/h4,6-7,12,16H,2-3,5,8-11,13-14H2,1H3,(H,22,25)/t16-/m1/s1. The zero-order valence-corrected chi connectivity index (χ0v) is 15.9. The first-order valence-electron chi connectivity index (χ1n) is 9.88. The topological polar surface area (TPSA) is 65.6 Å². The number of aromatic nitrogens is 1. The van der Waals surface area contributed by atoms with E-state index in [2.05, 4.69) is 9.88 Å². The van der Waals surface area contributed by atoms with Crippen molar-refractivity contribution in [1.29, 1.82) is 0 Å². The summed E-state index contributed by atoms with van der Waals surface area (Å²) >= 11 is 0. The van der Waals surface area contributed by atoms with E-state index in [1.165, 1.54) is 12.8 Å². The number of carbonyl (C=O) groups excluding carboxylic acids is 1. The van der Waals surface area contributed by atoms with Gasteiger partial charge in [-0.05, 0) is 51.4 Å². The van der Waals surface area contributed by atoms with Crippen LogP contribution in [0.3, 0.4) is 0 Å². The number of para-hydroxylation sites is 1. The monoisotopic (exact) mass is 369 g/mol. The Morgan fingerprint density at radius 2 is 2.04 bits per heavy atom. The van der Waals surface area contributed by atoms with E-state index in [4.69, 9.17) is 4.74 Å². The van der Waals surface area contributed by atoms with E-state index in [0.29, 0.717) is 36.2 Å². The third-order valence-electron chi connectivity index (χ3n) is 5.53. The fourth-order valence-electron chi connectivity index (χ4n) is 4.19. The van der Waals surface area contributed by atoms with Gasteiger partial charge in [0.05, 0.1) is 17.2 Å². The summed E-state index contributed by atoms with van der Waals surface area (Å²) in [6.07, 6.45) is 3.38. The Labute approximate surface area is 159 Å². The SMILES string of the molecule is Cc1cc(=O)c2cccc(C(=O)N3CCCO[C@H](CN4CCCC4)C3)c2[nH]1. The number of rotatable bonds is 3. The number of fused-ring (bicyclic) bond motifs is 1. The number of hydrogen-bond acceptors (Lipinski definition) is 4. The lowest BCUT2D eigenvalue weighted by Gasteiger charge is -2.27. The lowest BCUT2D eigenvalue weighted by Crippen LogP contribution is -2.42. The second-order valence-corrected chi connectivity index (χ2v) is 7.65. The maximum absolute atomic E-state index is 13.3. The molecule has 1 atom stereocenters. The van der Waals surface area contributed by atoms with Crippen LogP contribution in [0.5, 0.6) is 0 Å². The molecule has 1 amide bonds. The number of aryl methyl sites for hydroxylation is 1. The van der Waals surface area contributed by atoms with Gasteiger partial charge in [0.2, 0.25) is 0 Å². The zero-order valence-electron chi connectivity index (χ0n) is 15.9. The van der Waals surface area contributed by atoms with E-state index in [-0.39, 0.29) is 17.4 Å². The summed E-state index contributed by atoms with van der Waals surface area (Å²) in [4.78, 5) is 33.1. The van der Waals surface area contributed by atoms with Gasteiger partial charge in [0.25, 0.3) is 5.91 Å². The molecular formula is C21H27N3O3. The van der Waals surface area contributed by atoms with Crippen molar-refractivity contribution in [3.05, 3.63) is 45.7 Å². The van der Waals surface area contributed by atoms with Crippen LogP contribution in [0.25, 0.3) is 10.9 Å². The van der Waals surface area contributed by atoms with E-state index in [1.807, 2.05) is 11.8 Å². The molecule has 0 radical (unpaired) electrons. The van der Waals surface area contributed by atoms with E-state index in [9.17, 15) is 9.59 Å². The summed E-state index contributed by atoms with van der Waals surface area (Å²) in [6.45, 7) is 6.94. The molecule has 0 aliphatic carbocycles. The first kappa shape index (κ1) is 18.2. The number of pyridine rings is 1. The van der Waals surface area contributed by atoms with Crippen molar-refractivity contribution in [3.63, 3.8) is 0 Å². The highest BCUT2D eigenvalue weighted by atomic mass is 16.5. The van der Waals surface area contributed by atoms with E-state index >= 15 is 0 Å². The van der Waals surface area contributed by atoms with Crippen LogP contribution in [0.1, 0.15) is 35.3 Å². The predicted molar refractivity (Wildman–Crippen MR) is 105 cm³/mol. The van der Waals surface area contributed by atoms with E-state index in [1.54, 1.807) is 24.3 Å². The van der Waals surface area contributed by atoms with Crippen molar-refractivity contribution in [3.8, 4) is 0 Å². The second-order valence-electron chi connectivity index (χ2n) is 7.65. The smallest absolute Gasteiger partial charge is 0.256 e. The average Bonchev–Trinajstić information content (AvgIpc) is 3.04. The van der Waals surface area contributed by atoms with Gasteiger partial charge in [-0.3, -0.25) is 9.59 Å². The van der Waals surface area contributed by atoms with Crippen LogP contribution < -0.4 is 5.43 Å². The molecular weight excluding hydrogens is 342 g/mol. The van der Waals surface area contributed by atoms with Gasteiger partial charge in [0, 0.05) is 43.4 Å². The first-order chi connectivity index (χ1) is 13.1. The molecule has 2 aliphatic heterocycles. The van der Waals surface area contributed by atoms with E-state index in [0.717, 1.165) is 31.7 Å². The van der Waals surface area contributed by atoms with Crippen LogP contribution >= 0.6 is 0 Å². The van der Waals surface area contributed by atoms with Crippen LogP contribution in [0.15, 0.2) is 29.1 Å². The fraction of sp³-hybridized carbons (Fsp3) is 0.524. The van der Waals surface area contributed by atoms with Gasteiger partial charge in [0.1, 0.15) is 0 Å². The Kier molecular flexibility index (Phi) is 5.27. The number of aromatic amines is 1. The van der Waals surface area contributed by atoms with Crippen LogP contribution in [0.2, 0.25) is 0 Å². The summed E-state index contributed by atoms with van der Waals surface area (Å²) in [5.74, 6) is -0.0289. The highest BCUT2D eigenvalue weighted by Gasteiger charge is 2.27. The molecule has 2 aliphatic rings. The third kappa shape index (κ3) is 3.92. The van der Waals surface area contributed by atoms with Crippen molar-refractivity contribution in [2.75, 3.05) is 39.3 Å². The molecule has 1 N–H and O–H groups in total. The predicted octanol–water partition coefficient (Wildman–Crippen LogP) is 2.16. The lowest BCUT2D eigenvalue weighted by atomic mass is 10.1. The summed E-state index contributed by atoms with van der Waals surface area (Å²) < 4.78 is 6.01. The molecule has 0 unspecified atom stereocenters. The summed E-state index contributed by atoms with van der Waals surface area (Å²) in [5, 5.41) is 0.561. The molecule has 4 rings (SSSR count). The summed E-state index contributed by atoms with van der Waals surface area (Å²) in [7, 11) is 0. The number of ether oxygens (including phenoxy) is 1. The fourth-order valence-corrected chi connectivity index (χ4v) is 4.19. The molecule has 2 aromatic rings. The van der Waals surface area contributed by atoms with Gasteiger partial charge in [-0.2, -0.15) is 0 Å². The minimum Gasteiger partial charge on any atom is -0.375 e. The highest BCUT2D eigenvalue weighted by Crippen LogP contribution is 2.19. The summed E-state index contributed by atoms with van der Waals surface area (Å²) in [6, 6.07) is 6.94. The van der Waals surface area contributed by atoms with Crippen molar-refractivity contribution in [2.45, 2.75) is 32.3 Å². The minimum atomic E-state index is -0.0537. The molecule has 0 spiro atoms. The molecule has 1 aromatic carbocycles. The van der Waals surface area contributed by atoms with E-state index < -0.39 is 0 Å². The Hall–Kier alpha value is -2.18. The van der Waals surface area contributed by atoms with Crippen molar-refractivity contribution >= 4 is 16.8 Å². The Morgan fingerprint density at radius 3 is 2.85 bits per heavy atom. The summed E-state index contributed by atoms with van der Waals surface area (Å²) in [5.41, 5.74) is 1.91. The molecule has 3 heterocycles. The lowest BCUT2D eigenvalue weighted by molar-refractivity contribution is 0.0298. The number of H-pyrrole nitrogens is 1. The number of hydrogen-bond donors (Lipinski definition) is 1. The Bertz CT molecular complexity index is 886. The molecule has 2 fully saturated rings. The number of likely N-dealkylation sites (tertiary alicyclic amines) is 1. The van der Waals surface area contributed by atoms with Gasteiger partial charge >= 0.3 is 0 Å². The molecule has 0 saturated carbocycles. The molecule has 6 heteroatoms. The van der Waals surface area contributed by atoms with Crippen LogP contribution in [0, 0.1) is 6.92 Å². The molecule has 6 nitrogen and oxygen atoms in total. The van der Waals surface area contributed by atoms with Gasteiger partial charge in [-0.1, -0.05) is 6.07 Å². The van der Waals surface area contributed by atoms with Gasteiger partial charge < -0.3 is 19.5 Å². The van der Waals surface area contributed by atoms with Crippen molar-refractivity contribution < 1.29 is 9.53 Å². The number of carbonyl (C=O) groups is 1. The maximum atomic E-state index is 13.3. The third-order valence-corrected chi connectivity index (χ3v) is 5.53. The van der Waals surface area contributed by atoms with Crippen LogP contribution in [-0.2, 0) is 4.74 Å². The molecule has 2 saturated heterocycles. The average molecular weight is 369 g/mol. The maximum Gasteiger partial charge on any atom is 0.256 e. The molecule has 144 valence electrons. The zero-order chi connectivity index (χ0) is 18.8. The van der Waals surface area contributed by atoms with Crippen molar-refractivity contribution in [1.82, 2.24) is 14.8 Å². The molecule has 1 aromatic heterocycles. The molecule has 27 heavy (non-hydrogen) atoms. The van der Waals surface area contributed by atoms with Gasteiger partial charge in [-0.15, -0.1) is 0 Å². The first-order valence-corrected chi connectivity index (χ1v) is 9.88. The van der Waals surface area contributed by atoms with Crippen LogP contribution in [0.4, 0.5) is 0 Å². The Morgan fingerprint density at radius 1 is 1.22 bits per heavy atom. The molecule has 0 bridgehead atoms. The number of amides is 1. The number of nitrogens with one attached hydrogen (secondary N) is 1. The van der Waals surface area contributed by atoms with Gasteiger partial charge in [0.15, 0.2) is 5.43 Å². The second kappa shape index (κ2) is 7.82. The van der Waals surface area contributed by atoms with Crippen LogP contribution in [-0.4, -0.2) is 66.1 Å². The quantitative estimate of drug-likeness (QED) is 0.900. The number of benzene rings is 1. The highest BCUT2D eigenvalue weighted by molar-refractivity contribution is 6.05. The number of nitrogens with zero attached hydrogens (tertiary/aromatic N) is 2. The van der Waals surface area contributed by atoms with Crippen molar-refractivity contribution in [2.24, 2.45) is 0 Å². The largest absolute Gasteiger partial charge is 0.375 e. The normalized spacial score (nSPS) is 21.5. The van der Waals surface area contributed by atoms with Gasteiger partial charge in [-0.25, -0.2) is 0 Å². The Balaban J connectivity index is 1.59. The minimum absolute atomic E-state index is 0.0289.